The first-order valence-corrected chi connectivity index (χ1v) is 11.3. The van der Waals surface area contributed by atoms with E-state index in [9.17, 15) is 19.1 Å². The Morgan fingerprint density at radius 2 is 2.06 bits per heavy atom. The van der Waals surface area contributed by atoms with E-state index in [2.05, 4.69) is 0 Å². The highest BCUT2D eigenvalue weighted by atomic mass is 35.5. The number of aromatic carboxylic acids is 1. The van der Waals surface area contributed by atoms with E-state index in [0.29, 0.717) is 29.6 Å². The highest BCUT2D eigenvalue weighted by Gasteiger charge is 2.28. The molecule has 3 N–H and O–H groups in total. The molecule has 1 atom stereocenters. The van der Waals surface area contributed by atoms with Crippen LogP contribution in [0.3, 0.4) is 0 Å². The molecule has 8 nitrogen and oxygen atoms in total. The topological polar surface area (TPSA) is 106 Å². The van der Waals surface area contributed by atoms with Gasteiger partial charge in [0.05, 0.1) is 12.1 Å². The van der Waals surface area contributed by atoms with Gasteiger partial charge in [-0.15, -0.1) is 0 Å². The monoisotopic (exact) mass is 483 g/mol. The van der Waals surface area contributed by atoms with Gasteiger partial charge in [-0.25, -0.2) is 14.2 Å². The molecule has 0 saturated carbocycles. The van der Waals surface area contributed by atoms with Crippen LogP contribution >= 0.6 is 11.6 Å². The van der Waals surface area contributed by atoms with Crippen LogP contribution in [0, 0.1) is 5.82 Å². The summed E-state index contributed by atoms with van der Waals surface area (Å²) < 4.78 is 17.8. The highest BCUT2D eigenvalue weighted by molar-refractivity contribution is 6.31. The first-order valence-electron chi connectivity index (χ1n) is 11.0. The van der Waals surface area contributed by atoms with E-state index in [1.54, 1.807) is 10.6 Å². The lowest BCUT2D eigenvalue weighted by Crippen LogP contribution is -2.44. The fraction of sp³-hybridized carbons (Fsp3) is 0.292. The standard InChI is InChI=1S/C24H23ClFN5O3/c1-29-17-9-8-16(26)18(23(33)34)19(17)20-21(22(29)32)31(11-13-5-2-3-7-15(13)25)24(28-20)30-10-4-6-14(27)12-30/h2-3,5,7-9,14H,4,6,10-12,27H2,1H3,(H,33,34)/t14-/m1/s1. The molecule has 4 aromatic rings. The highest BCUT2D eigenvalue weighted by Crippen LogP contribution is 2.32. The van der Waals surface area contributed by atoms with Gasteiger partial charge in [0, 0.05) is 36.6 Å². The minimum absolute atomic E-state index is 0.0612. The Bertz CT molecular complexity index is 1510. The number of nitrogens with two attached hydrogens (primary N) is 1. The number of aromatic nitrogens is 3. The van der Waals surface area contributed by atoms with Crippen LogP contribution in [-0.4, -0.2) is 44.3 Å². The van der Waals surface area contributed by atoms with E-state index in [1.165, 1.54) is 17.7 Å². The quantitative estimate of drug-likeness (QED) is 0.461. The fourth-order valence-electron chi connectivity index (χ4n) is 4.77. The number of rotatable bonds is 4. The number of benzene rings is 2. The maximum absolute atomic E-state index is 14.7. The third-order valence-electron chi connectivity index (χ3n) is 6.43. The molecule has 0 spiro atoms. The lowest BCUT2D eigenvalue weighted by Gasteiger charge is -2.32. The summed E-state index contributed by atoms with van der Waals surface area (Å²) in [4.78, 5) is 32.3. The van der Waals surface area contributed by atoms with Crippen LogP contribution in [0.5, 0.6) is 0 Å². The number of carbonyl (C=O) groups is 1. The molecule has 176 valence electrons. The number of pyridine rings is 1. The van der Waals surface area contributed by atoms with Gasteiger partial charge in [0.2, 0.25) is 5.95 Å². The lowest BCUT2D eigenvalue weighted by molar-refractivity contribution is 0.0694. The van der Waals surface area contributed by atoms with Crippen molar-refractivity contribution >= 4 is 45.5 Å². The number of aryl methyl sites for hydroxylation is 1. The second-order valence-electron chi connectivity index (χ2n) is 8.62. The summed E-state index contributed by atoms with van der Waals surface area (Å²) in [6.45, 7) is 1.44. The minimum Gasteiger partial charge on any atom is -0.478 e. The molecule has 0 radical (unpaired) electrons. The number of fused-ring (bicyclic) bond motifs is 3. The van der Waals surface area contributed by atoms with Gasteiger partial charge in [-0.05, 0) is 36.6 Å². The van der Waals surface area contributed by atoms with Gasteiger partial charge in [-0.2, -0.15) is 0 Å². The Morgan fingerprint density at radius 1 is 1.29 bits per heavy atom. The molecule has 10 heteroatoms. The van der Waals surface area contributed by atoms with Gasteiger partial charge in [-0.1, -0.05) is 29.8 Å². The second kappa shape index (κ2) is 8.41. The number of hydrogen-bond donors (Lipinski definition) is 2. The second-order valence-corrected chi connectivity index (χ2v) is 9.03. The Morgan fingerprint density at radius 3 is 2.76 bits per heavy atom. The third-order valence-corrected chi connectivity index (χ3v) is 6.79. The summed E-state index contributed by atoms with van der Waals surface area (Å²) in [7, 11) is 1.54. The molecule has 1 saturated heterocycles. The van der Waals surface area contributed by atoms with Gasteiger partial charge in [0.1, 0.15) is 22.4 Å². The summed E-state index contributed by atoms with van der Waals surface area (Å²) in [5.74, 6) is -1.83. The number of carboxylic acid groups (broad SMARTS) is 1. The summed E-state index contributed by atoms with van der Waals surface area (Å²) in [5.41, 5.74) is 6.75. The predicted octanol–water partition coefficient (Wildman–Crippen LogP) is 3.35. The molecule has 5 rings (SSSR count). The molecule has 34 heavy (non-hydrogen) atoms. The van der Waals surface area contributed by atoms with E-state index in [-0.39, 0.29) is 34.6 Å². The molecule has 1 aliphatic rings. The summed E-state index contributed by atoms with van der Waals surface area (Å²) >= 11 is 6.43. The zero-order valence-corrected chi connectivity index (χ0v) is 19.2. The third kappa shape index (κ3) is 3.52. The molecular formula is C24H23ClFN5O3. The molecule has 0 unspecified atom stereocenters. The largest absolute Gasteiger partial charge is 0.478 e. The number of anilines is 1. The molecule has 0 bridgehead atoms. The lowest BCUT2D eigenvalue weighted by atomic mass is 10.1. The first kappa shape index (κ1) is 22.4. The van der Waals surface area contributed by atoms with Crippen LogP contribution in [0.25, 0.3) is 21.9 Å². The normalized spacial score (nSPS) is 16.5. The van der Waals surface area contributed by atoms with Crippen LogP contribution in [0.4, 0.5) is 10.3 Å². The van der Waals surface area contributed by atoms with Crippen molar-refractivity contribution in [2.24, 2.45) is 12.8 Å². The average Bonchev–Trinajstić information content (AvgIpc) is 3.18. The SMILES string of the molecule is Cn1c(=O)c2c(nc(N3CCC[C@@H](N)C3)n2Cc2ccccc2Cl)c2c(C(=O)O)c(F)ccc21. The van der Waals surface area contributed by atoms with Crippen molar-refractivity contribution in [2.45, 2.75) is 25.4 Å². The van der Waals surface area contributed by atoms with Crippen LogP contribution in [-0.2, 0) is 13.6 Å². The van der Waals surface area contributed by atoms with Crippen LogP contribution in [0.2, 0.25) is 5.02 Å². The van der Waals surface area contributed by atoms with Crippen molar-refractivity contribution in [3.05, 3.63) is 68.7 Å². The molecule has 0 amide bonds. The Labute approximate surface area is 199 Å². The Balaban J connectivity index is 1.90. The molecular weight excluding hydrogens is 461 g/mol. The summed E-state index contributed by atoms with van der Waals surface area (Å²) in [6, 6.07) is 9.68. The van der Waals surface area contributed by atoms with Gasteiger partial charge in [-0.3, -0.25) is 4.79 Å². The maximum Gasteiger partial charge on any atom is 0.339 e. The van der Waals surface area contributed by atoms with Crippen molar-refractivity contribution in [2.75, 3.05) is 18.0 Å². The molecule has 1 aliphatic heterocycles. The van der Waals surface area contributed by atoms with Crippen LogP contribution in [0.1, 0.15) is 28.8 Å². The molecule has 0 aliphatic carbocycles. The number of piperidine rings is 1. The van der Waals surface area contributed by atoms with Crippen molar-refractivity contribution < 1.29 is 14.3 Å². The maximum atomic E-state index is 14.7. The van der Waals surface area contributed by atoms with E-state index in [4.69, 9.17) is 22.3 Å². The Hall–Kier alpha value is -3.43. The molecule has 3 heterocycles. The fourth-order valence-corrected chi connectivity index (χ4v) is 4.97. The number of halogens is 2. The van der Waals surface area contributed by atoms with E-state index >= 15 is 0 Å². The van der Waals surface area contributed by atoms with Crippen LogP contribution in [0.15, 0.2) is 41.2 Å². The first-order chi connectivity index (χ1) is 16.3. The smallest absolute Gasteiger partial charge is 0.339 e. The average molecular weight is 484 g/mol. The van der Waals surface area contributed by atoms with Crippen LogP contribution < -0.4 is 16.2 Å². The van der Waals surface area contributed by atoms with Crippen molar-refractivity contribution in [3.63, 3.8) is 0 Å². The van der Waals surface area contributed by atoms with Gasteiger partial charge in [0.15, 0.2) is 0 Å². The Kier molecular flexibility index (Phi) is 5.53. The van der Waals surface area contributed by atoms with Gasteiger partial charge < -0.3 is 24.9 Å². The van der Waals surface area contributed by atoms with E-state index in [1.807, 2.05) is 23.1 Å². The summed E-state index contributed by atoms with van der Waals surface area (Å²) in [6.07, 6.45) is 1.73. The predicted molar refractivity (Wildman–Crippen MR) is 129 cm³/mol. The molecule has 2 aromatic carbocycles. The number of carboxylic acids is 1. The van der Waals surface area contributed by atoms with Crippen molar-refractivity contribution in [1.29, 1.82) is 0 Å². The molecule has 2 aromatic heterocycles. The zero-order chi connectivity index (χ0) is 24.1. The molecule has 1 fully saturated rings. The summed E-state index contributed by atoms with van der Waals surface area (Å²) in [5, 5.41) is 10.4. The van der Waals surface area contributed by atoms with Gasteiger partial charge in [0.25, 0.3) is 5.56 Å². The zero-order valence-electron chi connectivity index (χ0n) is 18.5. The minimum atomic E-state index is -1.43. The van der Waals surface area contributed by atoms with E-state index in [0.717, 1.165) is 24.5 Å². The van der Waals surface area contributed by atoms with Crippen molar-refractivity contribution in [3.8, 4) is 0 Å². The van der Waals surface area contributed by atoms with Gasteiger partial charge >= 0.3 is 5.97 Å². The number of hydrogen-bond acceptors (Lipinski definition) is 5. The van der Waals surface area contributed by atoms with Crippen molar-refractivity contribution in [1.82, 2.24) is 14.1 Å². The number of nitrogens with zero attached hydrogens (tertiary/aromatic N) is 4. The van der Waals surface area contributed by atoms with E-state index < -0.39 is 17.3 Å². The number of imidazole rings is 1.